The highest BCUT2D eigenvalue weighted by atomic mass is 32.1. The Labute approximate surface area is 182 Å². The molecule has 2 aromatic carbocycles. The zero-order valence-corrected chi connectivity index (χ0v) is 19.2. The first kappa shape index (κ1) is 21.9. The van der Waals surface area contributed by atoms with E-state index in [4.69, 9.17) is 12.6 Å². The number of hydrogen-bond acceptors (Lipinski definition) is 3. The largest absolute Gasteiger partial charge is 0.314 e. The van der Waals surface area contributed by atoms with Gasteiger partial charge in [0, 0.05) is 37.1 Å². The minimum Gasteiger partial charge on any atom is -0.314 e. The standard InChI is InChI=1S/C26H34N2S/c1-6-8-23-24(20(7-2)15-19(5)26(23)29)17-28-14-13-27-16-25(28)22-11-9-21(10-12-22)18(3)4/h6,8-12,15,25,27,29H,3,7,13-14,16-17H2,1-2,4-5H3/b8-6-. The monoisotopic (exact) mass is 406 g/mol. The third-order valence-electron chi connectivity index (χ3n) is 5.95. The molecule has 1 N–H and O–H groups in total. The van der Waals surface area contributed by atoms with Gasteiger partial charge < -0.3 is 5.32 Å². The van der Waals surface area contributed by atoms with E-state index >= 15 is 0 Å². The molecular formula is C26H34N2S. The summed E-state index contributed by atoms with van der Waals surface area (Å²) in [4.78, 5) is 3.73. The average Bonchev–Trinajstić information content (AvgIpc) is 2.73. The van der Waals surface area contributed by atoms with Crippen LogP contribution in [0.15, 0.2) is 47.9 Å². The van der Waals surface area contributed by atoms with Crippen molar-refractivity contribution in [2.75, 3.05) is 19.6 Å². The van der Waals surface area contributed by atoms with E-state index in [0.29, 0.717) is 6.04 Å². The van der Waals surface area contributed by atoms with Gasteiger partial charge in [0.25, 0.3) is 0 Å². The highest BCUT2D eigenvalue weighted by molar-refractivity contribution is 7.80. The lowest BCUT2D eigenvalue weighted by molar-refractivity contribution is 0.153. The van der Waals surface area contributed by atoms with Crippen molar-refractivity contribution < 1.29 is 0 Å². The van der Waals surface area contributed by atoms with Crippen molar-refractivity contribution in [1.29, 1.82) is 0 Å². The molecule has 0 aromatic heterocycles. The van der Waals surface area contributed by atoms with E-state index in [9.17, 15) is 0 Å². The lowest BCUT2D eigenvalue weighted by Crippen LogP contribution is -2.45. The molecule has 3 rings (SSSR count). The Morgan fingerprint density at radius 3 is 2.66 bits per heavy atom. The van der Waals surface area contributed by atoms with Crippen molar-refractivity contribution in [3.8, 4) is 0 Å². The molecule has 1 unspecified atom stereocenters. The fraction of sp³-hybridized carbons (Fsp3) is 0.385. The average molecular weight is 407 g/mol. The van der Waals surface area contributed by atoms with Crippen molar-refractivity contribution in [3.05, 3.63) is 76.4 Å². The molecule has 2 aromatic rings. The lowest BCUT2D eigenvalue weighted by Gasteiger charge is -2.37. The van der Waals surface area contributed by atoms with Crippen LogP contribution in [0.4, 0.5) is 0 Å². The van der Waals surface area contributed by atoms with Crippen molar-refractivity contribution in [3.63, 3.8) is 0 Å². The predicted molar refractivity (Wildman–Crippen MR) is 130 cm³/mol. The summed E-state index contributed by atoms with van der Waals surface area (Å²) in [5, 5.41) is 3.59. The van der Waals surface area contributed by atoms with Crippen LogP contribution in [0.3, 0.4) is 0 Å². The number of nitrogens with zero attached hydrogens (tertiary/aromatic N) is 1. The maximum atomic E-state index is 4.85. The van der Waals surface area contributed by atoms with Crippen molar-refractivity contribution in [2.24, 2.45) is 0 Å². The summed E-state index contributed by atoms with van der Waals surface area (Å²) in [6.07, 6.45) is 5.39. The topological polar surface area (TPSA) is 15.3 Å². The molecule has 154 valence electrons. The van der Waals surface area contributed by atoms with Gasteiger partial charge in [-0.2, -0.15) is 0 Å². The Hall–Kier alpha value is -1.81. The maximum Gasteiger partial charge on any atom is 0.0476 e. The van der Waals surface area contributed by atoms with Crippen molar-refractivity contribution in [2.45, 2.75) is 51.6 Å². The number of allylic oxidation sites excluding steroid dienone is 2. The molecule has 1 saturated heterocycles. The highest BCUT2D eigenvalue weighted by Crippen LogP contribution is 2.32. The molecule has 3 heteroatoms. The fourth-order valence-corrected chi connectivity index (χ4v) is 4.52. The van der Waals surface area contributed by atoms with E-state index in [-0.39, 0.29) is 0 Å². The number of hydrogen-bond donors (Lipinski definition) is 2. The molecule has 0 amide bonds. The molecule has 1 aliphatic heterocycles. The van der Waals surface area contributed by atoms with Crippen molar-refractivity contribution >= 4 is 24.3 Å². The van der Waals surface area contributed by atoms with Gasteiger partial charge in [-0.25, -0.2) is 0 Å². The van der Waals surface area contributed by atoms with E-state index in [1.54, 1.807) is 0 Å². The van der Waals surface area contributed by atoms with Gasteiger partial charge in [0.05, 0.1) is 0 Å². The summed E-state index contributed by atoms with van der Waals surface area (Å²) in [6, 6.07) is 11.6. The van der Waals surface area contributed by atoms with E-state index in [1.165, 1.54) is 33.4 Å². The summed E-state index contributed by atoms with van der Waals surface area (Å²) in [7, 11) is 0. The quantitative estimate of drug-likeness (QED) is 0.567. The Kier molecular flexibility index (Phi) is 7.39. The maximum absolute atomic E-state index is 4.85. The molecule has 1 heterocycles. The minimum atomic E-state index is 0.371. The van der Waals surface area contributed by atoms with E-state index in [1.807, 2.05) is 0 Å². The van der Waals surface area contributed by atoms with Gasteiger partial charge >= 0.3 is 0 Å². The summed E-state index contributed by atoms with van der Waals surface area (Å²) in [5.74, 6) is 0. The summed E-state index contributed by atoms with van der Waals surface area (Å²) < 4.78 is 0. The zero-order chi connectivity index (χ0) is 21.0. The molecule has 29 heavy (non-hydrogen) atoms. The summed E-state index contributed by atoms with van der Waals surface area (Å²) >= 11 is 4.85. The van der Waals surface area contributed by atoms with Gasteiger partial charge in [0.2, 0.25) is 0 Å². The van der Waals surface area contributed by atoms with Gasteiger partial charge in [-0.15, -0.1) is 12.6 Å². The Balaban J connectivity index is 1.97. The van der Waals surface area contributed by atoms with E-state index in [2.05, 4.69) is 87.0 Å². The summed E-state index contributed by atoms with van der Waals surface area (Å²) in [5.41, 5.74) is 9.09. The molecule has 1 atom stereocenters. The summed E-state index contributed by atoms with van der Waals surface area (Å²) in [6.45, 7) is 16.6. The molecule has 0 saturated carbocycles. The number of thiol groups is 1. The smallest absolute Gasteiger partial charge is 0.0476 e. The van der Waals surface area contributed by atoms with Crippen LogP contribution in [0.5, 0.6) is 0 Å². The number of nitrogens with one attached hydrogen (secondary N) is 1. The van der Waals surface area contributed by atoms with Gasteiger partial charge in [0.1, 0.15) is 0 Å². The van der Waals surface area contributed by atoms with Gasteiger partial charge in [-0.1, -0.05) is 61.6 Å². The first-order valence-electron chi connectivity index (χ1n) is 10.6. The molecule has 0 aliphatic carbocycles. The fourth-order valence-electron chi connectivity index (χ4n) is 4.25. The van der Waals surface area contributed by atoms with Crippen LogP contribution in [0, 0.1) is 6.92 Å². The molecule has 1 fully saturated rings. The van der Waals surface area contributed by atoms with Gasteiger partial charge in [0.15, 0.2) is 0 Å². The number of aryl methyl sites for hydroxylation is 2. The second-order valence-corrected chi connectivity index (χ2v) is 8.49. The molecule has 0 radical (unpaired) electrons. The van der Waals surface area contributed by atoms with Crippen molar-refractivity contribution in [1.82, 2.24) is 10.2 Å². The highest BCUT2D eigenvalue weighted by Gasteiger charge is 2.25. The predicted octanol–water partition coefficient (Wildman–Crippen LogP) is 6.06. The molecule has 2 nitrogen and oxygen atoms in total. The van der Waals surface area contributed by atoms with E-state index in [0.717, 1.165) is 43.1 Å². The SMILES string of the molecule is C=C(C)c1ccc(C2CNCCN2Cc2c(CC)cc(C)c(S)c2/C=C\C)cc1. The second-order valence-electron chi connectivity index (χ2n) is 8.04. The third kappa shape index (κ3) is 4.85. The second kappa shape index (κ2) is 9.80. The van der Waals surface area contributed by atoms with Gasteiger partial charge in [-0.3, -0.25) is 4.90 Å². The number of benzene rings is 2. The van der Waals surface area contributed by atoms with Crippen LogP contribution in [-0.2, 0) is 13.0 Å². The molecule has 0 spiro atoms. The van der Waals surface area contributed by atoms with Crippen LogP contribution in [0.2, 0.25) is 0 Å². The Bertz CT molecular complexity index is 896. The van der Waals surface area contributed by atoms with Crippen LogP contribution < -0.4 is 5.32 Å². The first-order valence-corrected chi connectivity index (χ1v) is 11.1. The van der Waals surface area contributed by atoms with Crippen LogP contribution in [0.1, 0.15) is 60.2 Å². The normalized spacial score (nSPS) is 17.8. The van der Waals surface area contributed by atoms with Crippen LogP contribution in [0.25, 0.3) is 11.6 Å². The van der Waals surface area contributed by atoms with Crippen LogP contribution in [-0.4, -0.2) is 24.5 Å². The number of piperazine rings is 1. The van der Waals surface area contributed by atoms with E-state index < -0.39 is 0 Å². The van der Waals surface area contributed by atoms with Crippen LogP contribution >= 0.6 is 12.6 Å². The molecule has 1 aliphatic rings. The zero-order valence-electron chi connectivity index (χ0n) is 18.3. The first-order chi connectivity index (χ1) is 14.0. The Morgan fingerprint density at radius 2 is 2.03 bits per heavy atom. The third-order valence-corrected chi connectivity index (χ3v) is 6.54. The number of rotatable bonds is 6. The molecular weight excluding hydrogens is 372 g/mol. The lowest BCUT2D eigenvalue weighted by atomic mass is 9.93. The minimum absolute atomic E-state index is 0.371. The molecule has 0 bridgehead atoms. The Morgan fingerprint density at radius 1 is 1.31 bits per heavy atom. The van der Waals surface area contributed by atoms with Gasteiger partial charge in [-0.05, 0) is 60.6 Å².